The van der Waals surface area contributed by atoms with E-state index in [4.69, 9.17) is 0 Å². The molecular weight excluding hydrogens is 516 g/mol. The molecule has 0 saturated heterocycles. The normalized spacial score (nSPS) is 11.1. The van der Waals surface area contributed by atoms with Crippen LogP contribution in [0.3, 0.4) is 0 Å². The SMILES string of the molecule is CCCCCCc1cc(-c2ccc(-c3ccc(C)cc3)cc2)c(CCCCCC)cc1-c1ccc(-c2ccccc2)cc1. The zero-order chi connectivity index (χ0) is 29.9. The molecule has 0 bridgehead atoms. The van der Waals surface area contributed by atoms with Gasteiger partial charge in [-0.2, -0.15) is 0 Å². The van der Waals surface area contributed by atoms with Crippen LogP contribution in [0.2, 0.25) is 0 Å². The number of benzene rings is 5. The summed E-state index contributed by atoms with van der Waals surface area (Å²) in [5, 5.41) is 0. The van der Waals surface area contributed by atoms with Gasteiger partial charge < -0.3 is 0 Å². The van der Waals surface area contributed by atoms with Crippen molar-refractivity contribution >= 4 is 0 Å². The predicted octanol–water partition coefficient (Wildman–Crippen LogP) is 12.9. The molecule has 0 amide bonds. The number of rotatable bonds is 14. The van der Waals surface area contributed by atoms with Gasteiger partial charge in [-0.15, -0.1) is 0 Å². The van der Waals surface area contributed by atoms with Crippen molar-refractivity contribution in [2.45, 2.75) is 85.0 Å². The van der Waals surface area contributed by atoms with Crippen molar-refractivity contribution in [3.05, 3.63) is 132 Å². The second kappa shape index (κ2) is 15.5. The highest BCUT2D eigenvalue weighted by atomic mass is 14.2. The van der Waals surface area contributed by atoms with Crippen LogP contribution in [0.1, 0.15) is 81.9 Å². The van der Waals surface area contributed by atoms with Crippen molar-refractivity contribution in [1.82, 2.24) is 0 Å². The monoisotopic (exact) mass is 564 g/mol. The van der Waals surface area contributed by atoms with Gasteiger partial charge in [0.05, 0.1) is 0 Å². The van der Waals surface area contributed by atoms with E-state index in [9.17, 15) is 0 Å². The standard InChI is InChI=1S/C43H48/c1-4-6-8-11-17-40-32-43(39-29-25-37(26-30-39)35-21-19-33(3)20-22-35)41(18-12-9-7-5-2)31-42(40)38-27-23-36(24-28-38)34-15-13-10-14-16-34/h10,13-16,19-32H,4-9,11-12,17-18H2,1-3H3. The van der Waals surface area contributed by atoms with Crippen molar-refractivity contribution in [3.8, 4) is 44.5 Å². The van der Waals surface area contributed by atoms with E-state index in [2.05, 4.69) is 136 Å². The van der Waals surface area contributed by atoms with Gasteiger partial charge in [0.25, 0.3) is 0 Å². The maximum absolute atomic E-state index is 2.54. The highest BCUT2D eigenvalue weighted by molar-refractivity contribution is 5.79. The highest BCUT2D eigenvalue weighted by Gasteiger charge is 2.14. The van der Waals surface area contributed by atoms with E-state index in [1.807, 2.05) is 0 Å². The molecule has 0 unspecified atom stereocenters. The Morgan fingerprint density at radius 2 is 0.744 bits per heavy atom. The zero-order valence-corrected chi connectivity index (χ0v) is 26.5. The van der Waals surface area contributed by atoms with Crippen LogP contribution in [-0.4, -0.2) is 0 Å². The van der Waals surface area contributed by atoms with Crippen molar-refractivity contribution in [3.63, 3.8) is 0 Å². The topological polar surface area (TPSA) is 0 Å². The molecule has 5 rings (SSSR count). The lowest BCUT2D eigenvalue weighted by atomic mass is 9.86. The molecule has 0 spiro atoms. The quantitative estimate of drug-likeness (QED) is 0.118. The molecule has 0 radical (unpaired) electrons. The van der Waals surface area contributed by atoms with Crippen LogP contribution in [0.4, 0.5) is 0 Å². The summed E-state index contributed by atoms with van der Waals surface area (Å²) < 4.78 is 0. The fraction of sp³-hybridized carbons (Fsp3) is 0.302. The van der Waals surface area contributed by atoms with Crippen LogP contribution in [0.25, 0.3) is 44.5 Å². The van der Waals surface area contributed by atoms with Crippen molar-refractivity contribution in [1.29, 1.82) is 0 Å². The Morgan fingerprint density at radius 1 is 0.372 bits per heavy atom. The Labute approximate surface area is 260 Å². The molecular formula is C43H48. The molecule has 0 N–H and O–H groups in total. The third-order valence-corrected chi connectivity index (χ3v) is 8.81. The first-order chi connectivity index (χ1) is 21.2. The minimum Gasteiger partial charge on any atom is -0.0654 e. The Hall–Kier alpha value is -3.90. The molecule has 0 saturated carbocycles. The summed E-state index contributed by atoms with van der Waals surface area (Å²) in [5.41, 5.74) is 14.9. The number of unbranched alkanes of at least 4 members (excludes halogenated alkanes) is 6. The van der Waals surface area contributed by atoms with Gasteiger partial charge in [-0.3, -0.25) is 0 Å². The lowest BCUT2D eigenvalue weighted by Gasteiger charge is -2.18. The Balaban J connectivity index is 1.53. The molecule has 220 valence electrons. The average Bonchev–Trinajstić information content (AvgIpc) is 3.06. The lowest BCUT2D eigenvalue weighted by Crippen LogP contribution is -1.99. The molecule has 0 atom stereocenters. The van der Waals surface area contributed by atoms with E-state index in [1.165, 1.54) is 113 Å². The van der Waals surface area contributed by atoms with Crippen LogP contribution in [0, 0.1) is 6.92 Å². The van der Waals surface area contributed by atoms with Crippen molar-refractivity contribution < 1.29 is 0 Å². The third-order valence-electron chi connectivity index (χ3n) is 8.81. The summed E-state index contributed by atoms with van der Waals surface area (Å²) >= 11 is 0. The highest BCUT2D eigenvalue weighted by Crippen LogP contribution is 2.36. The molecule has 0 aromatic heterocycles. The maximum atomic E-state index is 2.54. The van der Waals surface area contributed by atoms with Gasteiger partial charge in [0.2, 0.25) is 0 Å². The molecule has 5 aromatic rings. The molecule has 5 aromatic carbocycles. The fourth-order valence-corrected chi connectivity index (χ4v) is 6.19. The molecule has 0 heterocycles. The summed E-state index contributed by atoms with van der Waals surface area (Å²) in [6.07, 6.45) is 12.5. The largest absolute Gasteiger partial charge is 0.0654 e. The van der Waals surface area contributed by atoms with Crippen LogP contribution >= 0.6 is 0 Å². The van der Waals surface area contributed by atoms with Gasteiger partial charge in [-0.05, 0) is 88.2 Å². The number of hydrogen-bond donors (Lipinski definition) is 0. The third kappa shape index (κ3) is 8.14. The maximum Gasteiger partial charge on any atom is -0.0149 e. The smallest absolute Gasteiger partial charge is 0.0149 e. The van der Waals surface area contributed by atoms with Gasteiger partial charge in [0, 0.05) is 0 Å². The molecule has 0 aliphatic carbocycles. The molecule has 0 nitrogen and oxygen atoms in total. The summed E-state index contributed by atoms with van der Waals surface area (Å²) in [6.45, 7) is 6.74. The first kappa shape index (κ1) is 30.6. The lowest BCUT2D eigenvalue weighted by molar-refractivity contribution is 0.664. The second-order valence-electron chi connectivity index (χ2n) is 12.2. The van der Waals surface area contributed by atoms with Crippen molar-refractivity contribution in [2.24, 2.45) is 0 Å². The second-order valence-corrected chi connectivity index (χ2v) is 12.2. The molecule has 0 aliphatic rings. The molecule has 0 aliphatic heterocycles. The van der Waals surface area contributed by atoms with E-state index in [-0.39, 0.29) is 0 Å². The molecule has 43 heavy (non-hydrogen) atoms. The van der Waals surface area contributed by atoms with Crippen LogP contribution in [-0.2, 0) is 12.8 Å². The van der Waals surface area contributed by atoms with E-state index >= 15 is 0 Å². The first-order valence-electron chi connectivity index (χ1n) is 16.7. The predicted molar refractivity (Wildman–Crippen MR) is 189 cm³/mol. The first-order valence-corrected chi connectivity index (χ1v) is 16.7. The zero-order valence-electron chi connectivity index (χ0n) is 26.5. The van der Waals surface area contributed by atoms with E-state index in [0.717, 1.165) is 12.8 Å². The van der Waals surface area contributed by atoms with Crippen molar-refractivity contribution in [2.75, 3.05) is 0 Å². The Kier molecular flexibility index (Phi) is 11.0. The van der Waals surface area contributed by atoms with E-state index in [0.29, 0.717) is 0 Å². The van der Waals surface area contributed by atoms with Crippen LogP contribution in [0.15, 0.2) is 115 Å². The number of aryl methyl sites for hydroxylation is 3. The van der Waals surface area contributed by atoms with Gasteiger partial charge in [-0.25, -0.2) is 0 Å². The number of hydrogen-bond acceptors (Lipinski definition) is 0. The minimum absolute atomic E-state index is 1.13. The van der Waals surface area contributed by atoms with Crippen LogP contribution in [0.5, 0.6) is 0 Å². The van der Waals surface area contributed by atoms with Crippen LogP contribution < -0.4 is 0 Å². The fourth-order valence-electron chi connectivity index (χ4n) is 6.19. The summed E-state index contributed by atoms with van der Waals surface area (Å²) in [7, 11) is 0. The Bertz CT molecular complexity index is 1540. The van der Waals surface area contributed by atoms with Gasteiger partial charge >= 0.3 is 0 Å². The summed E-state index contributed by atoms with van der Waals surface area (Å²) in [6, 6.07) is 43.2. The van der Waals surface area contributed by atoms with E-state index in [1.54, 1.807) is 0 Å². The molecule has 0 fully saturated rings. The summed E-state index contributed by atoms with van der Waals surface area (Å²) in [5.74, 6) is 0. The summed E-state index contributed by atoms with van der Waals surface area (Å²) in [4.78, 5) is 0. The average molecular weight is 565 g/mol. The van der Waals surface area contributed by atoms with Gasteiger partial charge in [-0.1, -0.05) is 173 Å². The van der Waals surface area contributed by atoms with Gasteiger partial charge in [0.15, 0.2) is 0 Å². The minimum atomic E-state index is 1.13. The molecule has 0 heteroatoms. The van der Waals surface area contributed by atoms with Gasteiger partial charge in [0.1, 0.15) is 0 Å². The Morgan fingerprint density at radius 3 is 1.16 bits per heavy atom. The van der Waals surface area contributed by atoms with E-state index < -0.39 is 0 Å².